The Kier molecular flexibility index (Phi) is 62.6. The van der Waals surface area contributed by atoms with Crippen LogP contribution < -0.4 is 0 Å². The zero-order valence-electron chi connectivity index (χ0n) is 51.0. The number of allylic oxidation sites excluding steroid dienone is 8. The van der Waals surface area contributed by atoms with E-state index in [2.05, 4.69) is 69.4 Å². The maximum atomic E-state index is 12.9. The summed E-state index contributed by atoms with van der Waals surface area (Å²) in [7, 11) is 0. The zero-order valence-corrected chi connectivity index (χ0v) is 51.0. The van der Waals surface area contributed by atoms with Crippen molar-refractivity contribution in [1.82, 2.24) is 0 Å². The van der Waals surface area contributed by atoms with Crippen LogP contribution in [-0.2, 0) is 28.6 Å². The van der Waals surface area contributed by atoms with Gasteiger partial charge in [0.05, 0.1) is 0 Å². The van der Waals surface area contributed by atoms with Crippen LogP contribution in [0.25, 0.3) is 0 Å². The van der Waals surface area contributed by atoms with Crippen LogP contribution in [0.15, 0.2) is 48.6 Å². The first kappa shape index (κ1) is 73.4. The lowest BCUT2D eigenvalue weighted by molar-refractivity contribution is -0.167. The quantitative estimate of drug-likeness (QED) is 0.0261. The minimum Gasteiger partial charge on any atom is -0.462 e. The Morgan fingerprint density at radius 2 is 0.487 bits per heavy atom. The monoisotopic (exact) mass is 1060 g/mol. The highest BCUT2D eigenvalue weighted by Crippen LogP contribution is 2.18. The van der Waals surface area contributed by atoms with Gasteiger partial charge >= 0.3 is 17.9 Å². The van der Waals surface area contributed by atoms with E-state index < -0.39 is 6.10 Å². The average molecular weight is 1070 g/mol. The molecule has 0 bridgehead atoms. The van der Waals surface area contributed by atoms with Gasteiger partial charge in [0, 0.05) is 19.3 Å². The molecule has 444 valence electrons. The van der Waals surface area contributed by atoms with E-state index in [1.807, 2.05) is 0 Å². The van der Waals surface area contributed by atoms with Crippen molar-refractivity contribution < 1.29 is 28.6 Å². The van der Waals surface area contributed by atoms with Crippen molar-refractivity contribution in [1.29, 1.82) is 0 Å². The van der Waals surface area contributed by atoms with Crippen molar-refractivity contribution in [2.45, 2.75) is 367 Å². The first-order valence-corrected chi connectivity index (χ1v) is 33.6. The third-order valence-corrected chi connectivity index (χ3v) is 15.1. The van der Waals surface area contributed by atoms with Gasteiger partial charge in [-0.1, -0.05) is 313 Å². The Hall–Kier alpha value is -2.63. The molecule has 0 aromatic carbocycles. The second-order valence-electron chi connectivity index (χ2n) is 22.7. The van der Waals surface area contributed by atoms with E-state index in [0.29, 0.717) is 19.3 Å². The number of rotatable bonds is 62. The molecule has 76 heavy (non-hydrogen) atoms. The third kappa shape index (κ3) is 62.2. The summed E-state index contributed by atoms with van der Waals surface area (Å²) in [5, 5.41) is 0. The fraction of sp³-hybridized carbons (Fsp3) is 0.843. The van der Waals surface area contributed by atoms with Crippen molar-refractivity contribution in [2.24, 2.45) is 0 Å². The van der Waals surface area contributed by atoms with E-state index in [4.69, 9.17) is 14.2 Å². The van der Waals surface area contributed by atoms with Gasteiger partial charge in [-0.15, -0.1) is 0 Å². The highest BCUT2D eigenvalue weighted by molar-refractivity contribution is 5.71. The van der Waals surface area contributed by atoms with Gasteiger partial charge in [0.25, 0.3) is 0 Å². The minimum atomic E-state index is -0.776. The lowest BCUT2D eigenvalue weighted by Crippen LogP contribution is -2.30. The molecule has 0 aromatic rings. The summed E-state index contributed by atoms with van der Waals surface area (Å²) in [6.07, 6.45) is 81.3. The van der Waals surface area contributed by atoms with Crippen LogP contribution in [0, 0.1) is 0 Å². The van der Waals surface area contributed by atoms with Crippen molar-refractivity contribution in [2.75, 3.05) is 13.2 Å². The van der Waals surface area contributed by atoms with Crippen LogP contribution in [0.2, 0.25) is 0 Å². The van der Waals surface area contributed by atoms with Gasteiger partial charge in [0.2, 0.25) is 0 Å². The minimum absolute atomic E-state index is 0.0728. The average Bonchev–Trinajstić information content (AvgIpc) is 3.42. The molecule has 0 radical (unpaired) electrons. The topological polar surface area (TPSA) is 78.9 Å². The van der Waals surface area contributed by atoms with Gasteiger partial charge in [-0.2, -0.15) is 0 Å². The van der Waals surface area contributed by atoms with E-state index in [1.165, 1.54) is 238 Å². The van der Waals surface area contributed by atoms with E-state index in [-0.39, 0.29) is 31.1 Å². The van der Waals surface area contributed by atoms with Crippen molar-refractivity contribution >= 4 is 17.9 Å². The number of unbranched alkanes of at least 4 members (excludes halogenated alkanes) is 43. The Labute approximate surface area is 473 Å². The van der Waals surface area contributed by atoms with Crippen molar-refractivity contribution in [3.8, 4) is 0 Å². The summed E-state index contributed by atoms with van der Waals surface area (Å²) in [4.78, 5) is 38.3. The molecular weight excluding hydrogens is 937 g/mol. The molecule has 0 spiro atoms. The SMILES string of the molecule is CCCC/C=C\C/C=C\CCCCCCCC(=O)OCC(COC(=O)CCCCCCCCCCCCCCCCCCC/C=C\C/C=C\CCCCCCC)OC(=O)CCCCCCCCCCCCCCCCC. The van der Waals surface area contributed by atoms with Crippen LogP contribution in [-0.4, -0.2) is 37.2 Å². The molecule has 0 heterocycles. The first-order valence-electron chi connectivity index (χ1n) is 33.6. The van der Waals surface area contributed by atoms with Gasteiger partial charge in [0.15, 0.2) is 6.10 Å². The molecule has 0 aromatic heterocycles. The van der Waals surface area contributed by atoms with E-state index >= 15 is 0 Å². The summed E-state index contributed by atoms with van der Waals surface area (Å²) in [6.45, 7) is 6.63. The normalized spacial score (nSPS) is 12.3. The van der Waals surface area contributed by atoms with Gasteiger partial charge < -0.3 is 14.2 Å². The molecule has 6 nitrogen and oxygen atoms in total. The third-order valence-electron chi connectivity index (χ3n) is 15.1. The summed E-state index contributed by atoms with van der Waals surface area (Å²) < 4.78 is 16.9. The molecule has 1 atom stereocenters. The van der Waals surface area contributed by atoms with Crippen LogP contribution in [0.3, 0.4) is 0 Å². The van der Waals surface area contributed by atoms with Crippen LogP contribution in [0.4, 0.5) is 0 Å². The molecule has 6 heteroatoms. The summed E-state index contributed by atoms with van der Waals surface area (Å²) in [6, 6.07) is 0. The molecule has 0 N–H and O–H groups in total. The lowest BCUT2D eigenvalue weighted by atomic mass is 10.0. The van der Waals surface area contributed by atoms with Crippen LogP contribution in [0.1, 0.15) is 361 Å². The molecule has 1 unspecified atom stereocenters. The standard InChI is InChI=1S/C70H128O6/c1-4-7-10-13-16-19-22-25-28-29-30-31-32-33-34-35-36-37-38-39-40-41-43-45-48-51-54-57-60-63-69(72)75-66-67(65-74-68(71)62-59-56-53-50-47-44-27-24-21-18-15-12-9-6-3)76-70(73)64-61-58-55-52-49-46-42-26-23-20-17-14-11-8-5-2/h15,18,22,24-25,27,29-30,67H,4-14,16-17,19-21,23,26,28,31-66H2,1-3H3/b18-15-,25-22-,27-24-,30-29-. The highest BCUT2D eigenvalue weighted by atomic mass is 16.6. The number of ether oxygens (including phenoxy) is 3. The molecule has 0 fully saturated rings. The molecule has 0 amide bonds. The smallest absolute Gasteiger partial charge is 0.306 e. The fourth-order valence-electron chi connectivity index (χ4n) is 9.96. The molecule has 0 aliphatic heterocycles. The van der Waals surface area contributed by atoms with Gasteiger partial charge in [-0.3, -0.25) is 14.4 Å². The van der Waals surface area contributed by atoms with E-state index in [0.717, 1.165) is 83.5 Å². The fourth-order valence-corrected chi connectivity index (χ4v) is 9.96. The number of esters is 3. The first-order chi connectivity index (χ1) is 37.5. The maximum Gasteiger partial charge on any atom is 0.306 e. The number of carbonyl (C=O) groups excluding carboxylic acids is 3. The number of carbonyl (C=O) groups is 3. The molecule has 0 rings (SSSR count). The van der Waals surface area contributed by atoms with Crippen LogP contribution in [0.5, 0.6) is 0 Å². The Morgan fingerprint density at radius 1 is 0.263 bits per heavy atom. The predicted octanol–water partition coefficient (Wildman–Crippen LogP) is 22.9. The second kappa shape index (κ2) is 64.9. The zero-order chi connectivity index (χ0) is 55.0. The van der Waals surface area contributed by atoms with Crippen LogP contribution >= 0.6 is 0 Å². The maximum absolute atomic E-state index is 12.9. The Bertz CT molecular complexity index is 1310. The molecule has 0 aliphatic rings. The van der Waals surface area contributed by atoms with E-state index in [1.54, 1.807) is 0 Å². The van der Waals surface area contributed by atoms with Crippen molar-refractivity contribution in [3.05, 3.63) is 48.6 Å². The lowest BCUT2D eigenvalue weighted by Gasteiger charge is -2.18. The van der Waals surface area contributed by atoms with Crippen molar-refractivity contribution in [3.63, 3.8) is 0 Å². The molecule has 0 saturated heterocycles. The largest absolute Gasteiger partial charge is 0.462 e. The summed E-state index contributed by atoms with van der Waals surface area (Å²) in [5.74, 6) is -0.864. The van der Waals surface area contributed by atoms with Gasteiger partial charge in [0.1, 0.15) is 13.2 Å². The Morgan fingerprint density at radius 3 is 0.763 bits per heavy atom. The molecule has 0 aliphatic carbocycles. The molecular formula is C70H128O6. The molecule has 0 saturated carbocycles. The van der Waals surface area contributed by atoms with Gasteiger partial charge in [-0.25, -0.2) is 0 Å². The number of hydrogen-bond donors (Lipinski definition) is 0. The van der Waals surface area contributed by atoms with E-state index in [9.17, 15) is 14.4 Å². The summed E-state index contributed by atoms with van der Waals surface area (Å²) >= 11 is 0. The highest BCUT2D eigenvalue weighted by Gasteiger charge is 2.19. The number of hydrogen-bond acceptors (Lipinski definition) is 6. The predicted molar refractivity (Wildman–Crippen MR) is 330 cm³/mol. The van der Waals surface area contributed by atoms with Gasteiger partial charge in [-0.05, 0) is 77.0 Å². The summed E-state index contributed by atoms with van der Waals surface area (Å²) in [5.41, 5.74) is 0. The second-order valence-corrected chi connectivity index (χ2v) is 22.7. The Balaban J connectivity index is 4.18.